The SMILES string of the molecule is CC(C)(C)OC(=O)NC[C@H](CSC(c1ccccc1)(c1ccccc1)c1ccccc1)C(=O)O. The highest BCUT2D eigenvalue weighted by Gasteiger charge is 2.38. The van der Waals surface area contributed by atoms with E-state index in [0.29, 0.717) is 0 Å². The van der Waals surface area contributed by atoms with Crippen LogP contribution in [0.15, 0.2) is 91.0 Å². The average Bonchev–Trinajstić information content (AvgIpc) is 2.82. The van der Waals surface area contributed by atoms with Crippen molar-refractivity contribution in [1.29, 1.82) is 0 Å². The fraction of sp³-hybridized carbons (Fsp3) is 0.286. The molecule has 3 aromatic carbocycles. The summed E-state index contributed by atoms with van der Waals surface area (Å²) in [7, 11) is 0. The summed E-state index contributed by atoms with van der Waals surface area (Å²) in [5.41, 5.74) is 2.52. The molecular formula is C28H31NO4S. The number of thioether (sulfide) groups is 1. The lowest BCUT2D eigenvalue weighted by molar-refractivity contribution is -0.140. The molecule has 3 rings (SSSR count). The number of carbonyl (C=O) groups excluding carboxylic acids is 1. The first-order valence-electron chi connectivity index (χ1n) is 11.2. The highest BCUT2D eigenvalue weighted by atomic mass is 32.2. The molecule has 1 atom stereocenters. The lowest BCUT2D eigenvalue weighted by Crippen LogP contribution is -2.38. The number of hydrogen-bond acceptors (Lipinski definition) is 4. The van der Waals surface area contributed by atoms with E-state index in [1.807, 2.05) is 54.6 Å². The van der Waals surface area contributed by atoms with Gasteiger partial charge in [0.05, 0.1) is 10.7 Å². The van der Waals surface area contributed by atoms with E-state index in [2.05, 4.69) is 41.7 Å². The number of benzene rings is 3. The molecule has 0 aromatic heterocycles. The molecule has 5 nitrogen and oxygen atoms in total. The van der Waals surface area contributed by atoms with Gasteiger partial charge in [0, 0.05) is 12.3 Å². The highest BCUT2D eigenvalue weighted by Crippen LogP contribution is 2.48. The van der Waals surface area contributed by atoms with Gasteiger partial charge in [-0.15, -0.1) is 11.8 Å². The van der Waals surface area contributed by atoms with Gasteiger partial charge in [0.1, 0.15) is 5.60 Å². The maximum absolute atomic E-state index is 12.1. The molecule has 0 heterocycles. The summed E-state index contributed by atoms with van der Waals surface area (Å²) in [6.07, 6.45) is -0.621. The van der Waals surface area contributed by atoms with E-state index in [4.69, 9.17) is 4.74 Å². The first kappa shape index (κ1) is 25.4. The fourth-order valence-electron chi connectivity index (χ4n) is 3.73. The Morgan fingerprint density at radius 1 is 0.824 bits per heavy atom. The van der Waals surface area contributed by atoms with Crippen molar-refractivity contribution in [3.8, 4) is 0 Å². The van der Waals surface area contributed by atoms with Gasteiger partial charge in [-0.3, -0.25) is 4.79 Å². The van der Waals surface area contributed by atoms with Gasteiger partial charge in [-0.05, 0) is 37.5 Å². The number of carboxylic acid groups (broad SMARTS) is 1. The number of carboxylic acids is 1. The average molecular weight is 478 g/mol. The molecule has 2 N–H and O–H groups in total. The van der Waals surface area contributed by atoms with Gasteiger partial charge in [0.2, 0.25) is 0 Å². The molecule has 0 unspecified atom stereocenters. The Morgan fingerprint density at radius 3 is 1.59 bits per heavy atom. The predicted octanol–water partition coefficient (Wildman–Crippen LogP) is 5.94. The van der Waals surface area contributed by atoms with E-state index in [-0.39, 0.29) is 12.3 Å². The Bertz CT molecular complexity index is 969. The van der Waals surface area contributed by atoms with Gasteiger partial charge < -0.3 is 15.2 Å². The van der Waals surface area contributed by atoms with E-state index in [0.717, 1.165) is 16.7 Å². The van der Waals surface area contributed by atoms with Crippen molar-refractivity contribution < 1.29 is 19.4 Å². The van der Waals surface area contributed by atoms with Crippen LogP contribution in [-0.2, 0) is 14.3 Å². The zero-order valence-corrected chi connectivity index (χ0v) is 20.5. The molecule has 3 aromatic rings. The lowest BCUT2D eigenvalue weighted by atomic mass is 9.84. The molecule has 0 radical (unpaired) electrons. The standard InChI is InChI=1S/C28H31NO4S/c1-27(2,3)33-26(32)29-19-21(25(30)31)20-34-28(22-13-7-4-8-14-22,23-15-9-5-10-16-23)24-17-11-6-12-18-24/h4-18,21H,19-20H2,1-3H3,(H,29,32)(H,30,31)/t21-/m1/s1. The minimum Gasteiger partial charge on any atom is -0.481 e. The van der Waals surface area contributed by atoms with Crippen LogP contribution in [0.4, 0.5) is 4.79 Å². The van der Waals surface area contributed by atoms with Crippen LogP contribution in [0.5, 0.6) is 0 Å². The maximum Gasteiger partial charge on any atom is 0.407 e. The monoisotopic (exact) mass is 477 g/mol. The van der Waals surface area contributed by atoms with Gasteiger partial charge in [0.25, 0.3) is 0 Å². The van der Waals surface area contributed by atoms with Crippen LogP contribution in [-0.4, -0.2) is 35.1 Å². The van der Waals surface area contributed by atoms with Crippen LogP contribution in [0.25, 0.3) is 0 Å². The molecule has 178 valence electrons. The normalized spacial score (nSPS) is 12.6. The molecule has 0 aliphatic carbocycles. The van der Waals surface area contributed by atoms with Gasteiger partial charge in [0.15, 0.2) is 0 Å². The van der Waals surface area contributed by atoms with Crippen molar-refractivity contribution in [3.05, 3.63) is 108 Å². The largest absolute Gasteiger partial charge is 0.481 e. The lowest BCUT2D eigenvalue weighted by Gasteiger charge is -2.36. The number of ether oxygens (including phenoxy) is 1. The summed E-state index contributed by atoms with van der Waals surface area (Å²) in [4.78, 5) is 24.2. The second-order valence-corrected chi connectivity index (χ2v) is 10.2. The zero-order valence-electron chi connectivity index (χ0n) is 19.7. The van der Waals surface area contributed by atoms with Crippen molar-refractivity contribution in [2.75, 3.05) is 12.3 Å². The number of alkyl carbamates (subject to hydrolysis) is 1. The third-order valence-electron chi connectivity index (χ3n) is 5.28. The van der Waals surface area contributed by atoms with Crippen molar-refractivity contribution >= 4 is 23.8 Å². The Labute approximate surface area is 205 Å². The van der Waals surface area contributed by atoms with Crippen LogP contribution in [0.2, 0.25) is 0 Å². The van der Waals surface area contributed by atoms with Crippen LogP contribution in [0.1, 0.15) is 37.5 Å². The van der Waals surface area contributed by atoms with Gasteiger partial charge in [-0.1, -0.05) is 91.0 Å². The van der Waals surface area contributed by atoms with E-state index >= 15 is 0 Å². The molecule has 34 heavy (non-hydrogen) atoms. The van der Waals surface area contributed by atoms with Crippen molar-refractivity contribution in [2.24, 2.45) is 5.92 Å². The maximum atomic E-state index is 12.1. The minimum absolute atomic E-state index is 0.0221. The predicted molar refractivity (Wildman–Crippen MR) is 137 cm³/mol. The first-order valence-corrected chi connectivity index (χ1v) is 12.2. The van der Waals surface area contributed by atoms with E-state index < -0.39 is 28.3 Å². The Kier molecular flexibility index (Phi) is 8.40. The van der Waals surface area contributed by atoms with E-state index in [9.17, 15) is 14.7 Å². The number of amides is 1. The third kappa shape index (κ3) is 6.41. The summed E-state index contributed by atoms with van der Waals surface area (Å²) < 4.78 is 4.65. The number of aliphatic carboxylic acids is 1. The van der Waals surface area contributed by atoms with Gasteiger partial charge in [-0.2, -0.15) is 0 Å². The Balaban J connectivity index is 1.95. The molecule has 0 aliphatic rings. The second kappa shape index (κ2) is 11.3. The Hall–Kier alpha value is -3.25. The first-order chi connectivity index (χ1) is 16.2. The van der Waals surface area contributed by atoms with Crippen molar-refractivity contribution in [1.82, 2.24) is 5.32 Å². The molecule has 0 saturated heterocycles. The zero-order chi connectivity index (χ0) is 24.6. The van der Waals surface area contributed by atoms with Crippen molar-refractivity contribution in [2.45, 2.75) is 31.1 Å². The van der Waals surface area contributed by atoms with Gasteiger partial charge >= 0.3 is 12.1 Å². The summed E-state index contributed by atoms with van der Waals surface area (Å²) >= 11 is 1.56. The Morgan fingerprint density at radius 2 is 1.24 bits per heavy atom. The number of rotatable bonds is 9. The third-order valence-corrected chi connectivity index (χ3v) is 6.99. The smallest absolute Gasteiger partial charge is 0.407 e. The van der Waals surface area contributed by atoms with Crippen molar-refractivity contribution in [3.63, 3.8) is 0 Å². The minimum atomic E-state index is -0.966. The molecule has 6 heteroatoms. The van der Waals surface area contributed by atoms with Crippen LogP contribution < -0.4 is 5.32 Å². The molecular weight excluding hydrogens is 446 g/mol. The number of hydrogen-bond donors (Lipinski definition) is 2. The summed E-state index contributed by atoms with van der Waals surface area (Å²) in [5, 5.41) is 12.5. The summed E-state index contributed by atoms with van der Waals surface area (Å²) in [6, 6.07) is 30.3. The van der Waals surface area contributed by atoms with E-state index in [1.165, 1.54) is 0 Å². The highest BCUT2D eigenvalue weighted by molar-refractivity contribution is 8.00. The molecule has 0 bridgehead atoms. The van der Waals surface area contributed by atoms with Crippen LogP contribution in [0, 0.1) is 5.92 Å². The second-order valence-electron chi connectivity index (χ2n) is 9.01. The fourth-order valence-corrected chi connectivity index (χ4v) is 5.35. The molecule has 1 amide bonds. The molecule has 0 fully saturated rings. The molecule has 0 saturated carbocycles. The molecule has 0 aliphatic heterocycles. The van der Waals surface area contributed by atoms with Crippen LogP contribution in [0.3, 0.4) is 0 Å². The molecule has 0 spiro atoms. The number of nitrogens with one attached hydrogen (secondary N) is 1. The van der Waals surface area contributed by atoms with E-state index in [1.54, 1.807) is 32.5 Å². The quantitative estimate of drug-likeness (QED) is 0.373. The van der Waals surface area contributed by atoms with Gasteiger partial charge in [-0.25, -0.2) is 4.79 Å². The summed E-state index contributed by atoms with van der Waals surface area (Å²) in [6.45, 7) is 5.28. The van der Waals surface area contributed by atoms with Crippen LogP contribution >= 0.6 is 11.8 Å². The number of carbonyl (C=O) groups is 2. The summed E-state index contributed by atoms with van der Waals surface area (Å²) in [5.74, 6) is -1.48. The topological polar surface area (TPSA) is 75.6 Å².